The normalized spacial score (nSPS) is 14.8. The van der Waals surface area contributed by atoms with E-state index in [9.17, 15) is 4.79 Å². The minimum absolute atomic E-state index is 0.149. The van der Waals surface area contributed by atoms with Gasteiger partial charge in [-0.15, -0.1) is 0 Å². The number of furan rings is 1. The van der Waals surface area contributed by atoms with E-state index in [1.807, 2.05) is 6.07 Å². The highest BCUT2D eigenvalue weighted by Gasteiger charge is 2.33. The largest absolute Gasteiger partial charge is 0.495 e. The summed E-state index contributed by atoms with van der Waals surface area (Å²) in [6.07, 6.45) is 1.58. The molecule has 6 nitrogen and oxygen atoms in total. The Morgan fingerprint density at radius 1 is 1.10 bits per heavy atom. The molecule has 1 N–H and O–H groups in total. The molecule has 1 amide bonds. The lowest BCUT2D eigenvalue weighted by molar-refractivity contribution is -0.113. The number of amides is 1. The van der Waals surface area contributed by atoms with E-state index in [1.54, 1.807) is 54.6 Å². The highest BCUT2D eigenvalue weighted by molar-refractivity contribution is 7.80. The molecule has 0 saturated carbocycles. The Morgan fingerprint density at radius 3 is 2.68 bits per heavy atom. The van der Waals surface area contributed by atoms with Crippen molar-refractivity contribution in [3.63, 3.8) is 0 Å². The van der Waals surface area contributed by atoms with Gasteiger partial charge in [0, 0.05) is 6.08 Å². The SMILES string of the molecule is COc1ccccc1N1C(=O)/C(=C\c2ccc(COc3cccc(Cl)c3Cl)o2)NC1=S. The monoisotopic (exact) mass is 474 g/mol. The van der Waals surface area contributed by atoms with Crippen LogP contribution in [0.1, 0.15) is 11.5 Å². The van der Waals surface area contributed by atoms with Crippen LogP contribution in [0, 0.1) is 0 Å². The van der Waals surface area contributed by atoms with Gasteiger partial charge in [-0.1, -0.05) is 41.4 Å². The van der Waals surface area contributed by atoms with Gasteiger partial charge in [0.05, 0.1) is 17.8 Å². The summed E-state index contributed by atoms with van der Waals surface area (Å²) in [5.41, 5.74) is 0.846. The van der Waals surface area contributed by atoms with E-state index in [2.05, 4.69) is 5.32 Å². The summed E-state index contributed by atoms with van der Waals surface area (Å²) in [7, 11) is 1.54. The van der Waals surface area contributed by atoms with Crippen molar-refractivity contribution >= 4 is 58.2 Å². The van der Waals surface area contributed by atoms with Gasteiger partial charge in [-0.25, -0.2) is 4.90 Å². The van der Waals surface area contributed by atoms with Crippen molar-refractivity contribution in [2.24, 2.45) is 0 Å². The second-order valence-corrected chi connectivity index (χ2v) is 7.62. The molecule has 0 aliphatic carbocycles. The van der Waals surface area contributed by atoms with Gasteiger partial charge < -0.3 is 19.2 Å². The number of benzene rings is 2. The molecule has 2 heterocycles. The lowest BCUT2D eigenvalue weighted by Gasteiger charge is -2.17. The number of nitrogens with one attached hydrogen (secondary N) is 1. The maximum Gasteiger partial charge on any atom is 0.281 e. The van der Waals surface area contributed by atoms with E-state index in [0.29, 0.717) is 38.8 Å². The van der Waals surface area contributed by atoms with Crippen molar-refractivity contribution in [1.82, 2.24) is 5.32 Å². The first kappa shape index (κ1) is 21.2. The third-order valence-corrected chi connectivity index (χ3v) is 5.55. The fraction of sp³-hybridized carbons (Fsp3) is 0.0909. The summed E-state index contributed by atoms with van der Waals surface area (Å²) in [5, 5.41) is 3.92. The number of hydrogen-bond donors (Lipinski definition) is 1. The number of anilines is 1. The number of thiocarbonyl (C=S) groups is 1. The molecule has 1 aromatic heterocycles. The van der Waals surface area contributed by atoms with Crippen LogP contribution in [0.4, 0.5) is 5.69 Å². The molecular weight excluding hydrogens is 459 g/mol. The summed E-state index contributed by atoms with van der Waals surface area (Å²) in [4.78, 5) is 14.3. The summed E-state index contributed by atoms with van der Waals surface area (Å²) < 4.78 is 16.8. The zero-order valence-corrected chi connectivity index (χ0v) is 18.6. The van der Waals surface area contributed by atoms with Crippen LogP contribution in [0.3, 0.4) is 0 Å². The van der Waals surface area contributed by atoms with E-state index in [0.717, 1.165) is 0 Å². The minimum atomic E-state index is -0.311. The fourth-order valence-corrected chi connectivity index (χ4v) is 3.64. The highest BCUT2D eigenvalue weighted by Crippen LogP contribution is 2.33. The average molecular weight is 475 g/mol. The first-order chi connectivity index (χ1) is 15.0. The Morgan fingerprint density at radius 2 is 1.87 bits per heavy atom. The zero-order chi connectivity index (χ0) is 22.0. The minimum Gasteiger partial charge on any atom is -0.495 e. The Bertz CT molecular complexity index is 1190. The molecule has 0 radical (unpaired) electrons. The number of ether oxygens (including phenoxy) is 2. The summed E-state index contributed by atoms with van der Waals surface area (Å²) in [5.74, 6) is 1.71. The average Bonchev–Trinajstić information content (AvgIpc) is 3.33. The van der Waals surface area contributed by atoms with Crippen molar-refractivity contribution in [2.75, 3.05) is 12.0 Å². The molecule has 0 bridgehead atoms. The molecule has 1 saturated heterocycles. The molecule has 158 valence electrons. The standard InChI is InChI=1S/C22H16Cl2N2O4S/c1-28-18-7-3-2-6-17(18)26-21(27)16(25-22(26)31)11-13-9-10-14(30-13)12-29-19-8-4-5-15(23)20(19)24/h2-11H,12H2,1H3,(H,25,31)/b16-11+. The molecule has 1 fully saturated rings. The second kappa shape index (κ2) is 9.01. The fourth-order valence-electron chi connectivity index (χ4n) is 3.00. The first-order valence-corrected chi connectivity index (χ1v) is 10.3. The lowest BCUT2D eigenvalue weighted by Crippen LogP contribution is -2.30. The Kier molecular flexibility index (Phi) is 6.18. The third-order valence-electron chi connectivity index (χ3n) is 4.46. The zero-order valence-electron chi connectivity index (χ0n) is 16.2. The highest BCUT2D eigenvalue weighted by atomic mass is 35.5. The Hall–Kier alpha value is -3.00. The van der Waals surface area contributed by atoms with Gasteiger partial charge in [0.15, 0.2) is 5.11 Å². The predicted molar refractivity (Wildman–Crippen MR) is 124 cm³/mol. The number of hydrogen-bond acceptors (Lipinski definition) is 5. The van der Waals surface area contributed by atoms with Gasteiger partial charge in [-0.3, -0.25) is 4.79 Å². The van der Waals surface area contributed by atoms with Gasteiger partial charge in [0.1, 0.15) is 40.3 Å². The molecule has 31 heavy (non-hydrogen) atoms. The maximum atomic E-state index is 12.9. The summed E-state index contributed by atoms with van der Waals surface area (Å²) in [6.45, 7) is 0.149. The van der Waals surface area contributed by atoms with Crippen molar-refractivity contribution in [3.05, 3.63) is 81.9 Å². The van der Waals surface area contributed by atoms with Gasteiger partial charge in [0.25, 0.3) is 5.91 Å². The van der Waals surface area contributed by atoms with Crippen molar-refractivity contribution < 1.29 is 18.7 Å². The first-order valence-electron chi connectivity index (χ1n) is 9.13. The quantitative estimate of drug-likeness (QED) is 0.379. The number of carbonyl (C=O) groups is 1. The van der Waals surface area contributed by atoms with Crippen LogP contribution in [0.2, 0.25) is 10.0 Å². The van der Waals surface area contributed by atoms with Crippen LogP contribution in [-0.2, 0) is 11.4 Å². The second-order valence-electron chi connectivity index (χ2n) is 6.45. The van der Waals surface area contributed by atoms with E-state index < -0.39 is 0 Å². The van der Waals surface area contributed by atoms with Crippen LogP contribution < -0.4 is 19.7 Å². The molecule has 3 aromatic rings. The van der Waals surface area contributed by atoms with Crippen molar-refractivity contribution in [1.29, 1.82) is 0 Å². The number of para-hydroxylation sites is 2. The lowest BCUT2D eigenvalue weighted by atomic mass is 10.2. The number of carbonyl (C=O) groups excluding carboxylic acids is 1. The molecule has 0 atom stereocenters. The summed E-state index contributed by atoms with van der Waals surface area (Å²) in [6, 6.07) is 15.8. The van der Waals surface area contributed by atoms with Crippen LogP contribution in [0.25, 0.3) is 6.08 Å². The molecule has 1 aliphatic rings. The van der Waals surface area contributed by atoms with Crippen LogP contribution in [-0.4, -0.2) is 18.1 Å². The van der Waals surface area contributed by atoms with Crippen LogP contribution in [0.5, 0.6) is 11.5 Å². The Balaban J connectivity index is 1.49. The predicted octanol–water partition coefficient (Wildman–Crippen LogP) is 5.44. The van der Waals surface area contributed by atoms with Gasteiger partial charge in [0.2, 0.25) is 0 Å². The topological polar surface area (TPSA) is 63.9 Å². The smallest absolute Gasteiger partial charge is 0.281 e. The van der Waals surface area contributed by atoms with Gasteiger partial charge in [-0.2, -0.15) is 0 Å². The Labute approximate surface area is 193 Å². The number of nitrogens with zero attached hydrogens (tertiary/aromatic N) is 1. The van der Waals surface area contributed by atoms with E-state index in [4.69, 9.17) is 49.3 Å². The molecule has 4 rings (SSSR count). The van der Waals surface area contributed by atoms with Gasteiger partial charge in [-0.05, 0) is 48.6 Å². The molecule has 2 aromatic carbocycles. The molecule has 0 unspecified atom stereocenters. The molecular formula is C22H16Cl2N2O4S. The summed E-state index contributed by atoms with van der Waals surface area (Å²) >= 11 is 17.5. The maximum absolute atomic E-state index is 12.9. The number of methoxy groups -OCH3 is 1. The van der Waals surface area contributed by atoms with E-state index in [-0.39, 0.29) is 23.3 Å². The number of halogens is 2. The van der Waals surface area contributed by atoms with Crippen LogP contribution in [0.15, 0.2) is 64.7 Å². The van der Waals surface area contributed by atoms with Crippen molar-refractivity contribution in [3.8, 4) is 11.5 Å². The van der Waals surface area contributed by atoms with E-state index >= 15 is 0 Å². The van der Waals surface area contributed by atoms with Crippen molar-refractivity contribution in [2.45, 2.75) is 6.61 Å². The van der Waals surface area contributed by atoms with Gasteiger partial charge >= 0.3 is 0 Å². The molecule has 9 heteroatoms. The molecule has 0 spiro atoms. The van der Waals surface area contributed by atoms with Crippen LogP contribution >= 0.6 is 35.4 Å². The molecule has 1 aliphatic heterocycles. The number of rotatable bonds is 6. The third kappa shape index (κ3) is 4.39. The van der Waals surface area contributed by atoms with E-state index in [1.165, 1.54) is 12.0 Å².